The lowest BCUT2D eigenvalue weighted by Gasteiger charge is -2.25. The summed E-state index contributed by atoms with van der Waals surface area (Å²) < 4.78 is 20.3. The Morgan fingerprint density at radius 2 is 2.08 bits per heavy atom. The second-order valence-corrected chi connectivity index (χ2v) is 5.92. The van der Waals surface area contributed by atoms with Crippen molar-refractivity contribution in [3.8, 4) is 0 Å². The normalized spacial score (nSPS) is 18.3. The van der Waals surface area contributed by atoms with Crippen molar-refractivity contribution >= 4 is 5.91 Å². The van der Waals surface area contributed by atoms with Gasteiger partial charge >= 0.3 is 0 Å². The van der Waals surface area contributed by atoms with Crippen LogP contribution in [0.2, 0.25) is 0 Å². The van der Waals surface area contributed by atoms with E-state index in [1.54, 1.807) is 31.4 Å². The minimum atomic E-state index is -0.385. The van der Waals surface area contributed by atoms with E-state index in [1.807, 2.05) is 0 Å². The molecule has 2 aromatic rings. The predicted molar refractivity (Wildman–Crippen MR) is 87.3 cm³/mol. The monoisotopic (exact) mass is 330 g/mol. The molecule has 1 aromatic heterocycles. The van der Waals surface area contributed by atoms with Gasteiger partial charge in [-0.05, 0) is 36.6 Å². The second-order valence-electron chi connectivity index (χ2n) is 5.92. The molecule has 0 aliphatic carbocycles. The molecule has 24 heavy (non-hydrogen) atoms. The first kappa shape index (κ1) is 16.4. The van der Waals surface area contributed by atoms with Crippen LogP contribution in [-0.2, 0) is 11.8 Å². The minimum absolute atomic E-state index is 0.161. The molecule has 1 aliphatic rings. The van der Waals surface area contributed by atoms with Gasteiger partial charge in [0.1, 0.15) is 5.82 Å². The molecule has 0 radical (unpaired) electrons. The standard InChI is InChI=1S/C18H19FN2O3/c1-21-9-8-13(11-16(21)22)18(23)20-17(15-3-2-10-24-15)12-4-6-14(19)7-5-12/h4-9,11,15,17H,2-3,10H2,1H3,(H,20,23)/t15-,17+/m0/s1. The molecule has 0 bridgehead atoms. The van der Waals surface area contributed by atoms with Gasteiger partial charge < -0.3 is 14.6 Å². The Morgan fingerprint density at radius 1 is 1.33 bits per heavy atom. The number of rotatable bonds is 4. The van der Waals surface area contributed by atoms with Gasteiger partial charge in [-0.15, -0.1) is 0 Å². The molecular weight excluding hydrogens is 311 g/mol. The van der Waals surface area contributed by atoms with Crippen molar-refractivity contribution in [2.75, 3.05) is 6.61 Å². The zero-order chi connectivity index (χ0) is 17.1. The van der Waals surface area contributed by atoms with Gasteiger partial charge in [0.05, 0.1) is 12.1 Å². The maximum Gasteiger partial charge on any atom is 0.252 e. The highest BCUT2D eigenvalue weighted by atomic mass is 19.1. The smallest absolute Gasteiger partial charge is 0.252 e. The molecule has 1 N–H and O–H groups in total. The van der Waals surface area contributed by atoms with E-state index in [9.17, 15) is 14.0 Å². The predicted octanol–water partition coefficient (Wildman–Crippen LogP) is 2.17. The summed E-state index contributed by atoms with van der Waals surface area (Å²) in [6.07, 6.45) is 3.13. The average molecular weight is 330 g/mol. The highest BCUT2D eigenvalue weighted by Gasteiger charge is 2.29. The van der Waals surface area contributed by atoms with Gasteiger partial charge in [-0.1, -0.05) is 12.1 Å². The molecule has 1 aliphatic heterocycles. The topological polar surface area (TPSA) is 60.3 Å². The minimum Gasteiger partial charge on any atom is -0.376 e. The third-order valence-corrected chi connectivity index (χ3v) is 4.22. The summed E-state index contributed by atoms with van der Waals surface area (Å²) in [6, 6.07) is 8.52. The Hall–Kier alpha value is -2.47. The maximum atomic E-state index is 13.2. The maximum absolute atomic E-state index is 13.2. The zero-order valence-corrected chi connectivity index (χ0v) is 13.4. The Kier molecular flexibility index (Phi) is 4.76. The molecule has 6 heteroatoms. The first-order valence-electron chi connectivity index (χ1n) is 7.89. The molecule has 5 nitrogen and oxygen atoms in total. The van der Waals surface area contributed by atoms with Crippen molar-refractivity contribution in [3.63, 3.8) is 0 Å². The largest absolute Gasteiger partial charge is 0.376 e. The van der Waals surface area contributed by atoms with E-state index >= 15 is 0 Å². The van der Waals surface area contributed by atoms with Crippen LogP contribution in [0, 0.1) is 5.82 Å². The first-order chi connectivity index (χ1) is 11.5. The molecule has 1 aromatic carbocycles. The number of aryl methyl sites for hydroxylation is 1. The summed E-state index contributed by atoms with van der Waals surface area (Å²) >= 11 is 0. The van der Waals surface area contributed by atoms with Crippen molar-refractivity contribution in [1.82, 2.24) is 9.88 Å². The fourth-order valence-corrected chi connectivity index (χ4v) is 2.84. The Labute approximate surface area is 139 Å². The summed E-state index contributed by atoms with van der Waals surface area (Å²) in [5.74, 6) is -0.680. The number of hydrogen-bond acceptors (Lipinski definition) is 3. The van der Waals surface area contributed by atoms with Gasteiger partial charge in [-0.25, -0.2) is 4.39 Å². The van der Waals surface area contributed by atoms with E-state index in [4.69, 9.17) is 4.74 Å². The molecule has 1 fully saturated rings. The quantitative estimate of drug-likeness (QED) is 0.935. The lowest BCUT2D eigenvalue weighted by molar-refractivity contribution is 0.0672. The Balaban J connectivity index is 1.85. The fraction of sp³-hybridized carbons (Fsp3) is 0.333. The number of aromatic nitrogens is 1. The number of halogens is 1. The van der Waals surface area contributed by atoms with Gasteiger partial charge in [0.15, 0.2) is 0 Å². The van der Waals surface area contributed by atoms with E-state index in [1.165, 1.54) is 22.8 Å². The molecular formula is C18H19FN2O3. The molecule has 0 saturated carbocycles. The molecule has 2 heterocycles. The van der Waals surface area contributed by atoms with Crippen LogP contribution in [0.15, 0.2) is 47.4 Å². The summed E-state index contributed by atoms with van der Waals surface area (Å²) in [6.45, 7) is 0.643. The SMILES string of the molecule is Cn1ccc(C(=O)N[C@H](c2ccc(F)cc2)[C@@H]2CCCO2)cc1=O. The Bertz CT molecular complexity index is 780. The molecule has 2 atom stereocenters. The molecule has 126 valence electrons. The van der Waals surface area contributed by atoms with E-state index in [-0.39, 0.29) is 29.4 Å². The number of nitrogens with zero attached hydrogens (tertiary/aromatic N) is 1. The van der Waals surface area contributed by atoms with Gasteiger partial charge in [-0.3, -0.25) is 9.59 Å². The number of benzene rings is 1. The van der Waals surface area contributed by atoms with Crippen LogP contribution in [-0.4, -0.2) is 23.2 Å². The van der Waals surface area contributed by atoms with Crippen molar-refractivity contribution in [2.45, 2.75) is 25.0 Å². The van der Waals surface area contributed by atoms with Crippen molar-refractivity contribution in [2.24, 2.45) is 7.05 Å². The zero-order valence-electron chi connectivity index (χ0n) is 13.4. The third kappa shape index (κ3) is 3.54. The number of nitrogens with one attached hydrogen (secondary N) is 1. The highest BCUT2D eigenvalue weighted by Crippen LogP contribution is 2.27. The van der Waals surface area contributed by atoms with Crippen LogP contribution in [0.25, 0.3) is 0 Å². The van der Waals surface area contributed by atoms with Gasteiger partial charge in [0.25, 0.3) is 11.5 Å². The number of ether oxygens (including phenoxy) is 1. The van der Waals surface area contributed by atoms with Crippen LogP contribution < -0.4 is 10.9 Å². The lowest BCUT2D eigenvalue weighted by atomic mass is 9.98. The summed E-state index contributed by atoms with van der Waals surface area (Å²) in [4.78, 5) is 24.2. The summed E-state index contributed by atoms with van der Waals surface area (Å²) in [7, 11) is 1.62. The number of amides is 1. The summed E-state index contributed by atoms with van der Waals surface area (Å²) in [5.41, 5.74) is 0.821. The van der Waals surface area contributed by atoms with Crippen molar-refractivity contribution in [3.05, 3.63) is 69.9 Å². The van der Waals surface area contributed by atoms with Crippen LogP contribution in [0.5, 0.6) is 0 Å². The third-order valence-electron chi connectivity index (χ3n) is 4.22. The number of carbonyl (C=O) groups is 1. The molecule has 1 saturated heterocycles. The second kappa shape index (κ2) is 6.97. The number of carbonyl (C=O) groups excluding carboxylic acids is 1. The van der Waals surface area contributed by atoms with Crippen LogP contribution in [0.3, 0.4) is 0 Å². The molecule has 0 unspecified atom stereocenters. The van der Waals surface area contributed by atoms with Crippen molar-refractivity contribution in [1.29, 1.82) is 0 Å². The van der Waals surface area contributed by atoms with E-state index in [2.05, 4.69) is 5.32 Å². The van der Waals surface area contributed by atoms with Gasteiger partial charge in [0, 0.05) is 31.5 Å². The van der Waals surface area contributed by atoms with Crippen molar-refractivity contribution < 1.29 is 13.9 Å². The number of pyridine rings is 1. The van der Waals surface area contributed by atoms with Crippen LogP contribution in [0.4, 0.5) is 4.39 Å². The molecule has 3 rings (SSSR count). The van der Waals surface area contributed by atoms with E-state index < -0.39 is 0 Å². The number of hydrogen-bond donors (Lipinski definition) is 1. The van der Waals surface area contributed by atoms with Gasteiger partial charge in [0.2, 0.25) is 0 Å². The van der Waals surface area contributed by atoms with E-state index in [0.717, 1.165) is 18.4 Å². The fourth-order valence-electron chi connectivity index (χ4n) is 2.84. The highest BCUT2D eigenvalue weighted by molar-refractivity contribution is 5.94. The van der Waals surface area contributed by atoms with Crippen LogP contribution in [0.1, 0.15) is 34.8 Å². The average Bonchev–Trinajstić information content (AvgIpc) is 3.10. The Morgan fingerprint density at radius 3 is 2.71 bits per heavy atom. The summed E-state index contributed by atoms with van der Waals surface area (Å²) in [5, 5.41) is 2.92. The molecule has 0 spiro atoms. The lowest BCUT2D eigenvalue weighted by Crippen LogP contribution is -2.36. The van der Waals surface area contributed by atoms with Crippen LogP contribution >= 0.6 is 0 Å². The van der Waals surface area contributed by atoms with Gasteiger partial charge in [-0.2, -0.15) is 0 Å². The van der Waals surface area contributed by atoms with E-state index in [0.29, 0.717) is 12.2 Å². The molecule has 1 amide bonds. The first-order valence-corrected chi connectivity index (χ1v) is 7.89.